The Morgan fingerprint density at radius 3 is 2.63 bits per heavy atom. The molecule has 1 aromatic heterocycles. The van der Waals surface area contributed by atoms with E-state index >= 15 is 0 Å². The van der Waals surface area contributed by atoms with Gasteiger partial charge in [0.2, 0.25) is 0 Å². The first-order valence-electron chi connectivity index (χ1n) is 11.2. The van der Waals surface area contributed by atoms with Crippen molar-refractivity contribution in [3.8, 4) is 0 Å². The summed E-state index contributed by atoms with van der Waals surface area (Å²) in [7, 11) is 2.01. The molecule has 0 aromatic carbocycles. The SMILES string of the molecule is CO[C@@]12CCC(c3ccoc3)[C@@]1(C)CC[C@@H]1[C@H]2CCC2CC(S)CC[C@@]21C. The molecule has 0 N–H and O–H groups in total. The quantitative estimate of drug-likeness (QED) is 0.586. The van der Waals surface area contributed by atoms with Gasteiger partial charge in [0.1, 0.15) is 0 Å². The van der Waals surface area contributed by atoms with Crippen LogP contribution < -0.4 is 0 Å². The number of hydrogen-bond acceptors (Lipinski definition) is 3. The number of thiol groups is 1. The number of ether oxygens (including phenoxy) is 1. The fraction of sp³-hybridized carbons (Fsp3) is 0.833. The number of rotatable bonds is 2. The third-order valence-electron chi connectivity index (χ3n) is 10.1. The molecule has 2 nitrogen and oxygen atoms in total. The van der Waals surface area contributed by atoms with E-state index in [4.69, 9.17) is 21.8 Å². The largest absolute Gasteiger partial charge is 0.472 e. The molecule has 1 aromatic rings. The van der Waals surface area contributed by atoms with Gasteiger partial charge < -0.3 is 9.15 Å². The first-order valence-corrected chi connectivity index (χ1v) is 11.7. The van der Waals surface area contributed by atoms with Gasteiger partial charge >= 0.3 is 0 Å². The molecule has 1 heterocycles. The van der Waals surface area contributed by atoms with Gasteiger partial charge in [-0.15, -0.1) is 0 Å². The smallest absolute Gasteiger partial charge is 0.0937 e. The highest BCUT2D eigenvalue weighted by atomic mass is 32.1. The molecule has 3 heteroatoms. The summed E-state index contributed by atoms with van der Waals surface area (Å²) in [5.41, 5.74) is 2.17. The highest BCUT2D eigenvalue weighted by Gasteiger charge is 2.68. The molecule has 4 fully saturated rings. The molecule has 4 saturated carbocycles. The lowest BCUT2D eigenvalue weighted by molar-refractivity contribution is -0.214. The Labute approximate surface area is 170 Å². The molecular weight excluding hydrogens is 352 g/mol. The Balaban J connectivity index is 1.52. The third-order valence-corrected chi connectivity index (χ3v) is 10.6. The first kappa shape index (κ1) is 18.6. The van der Waals surface area contributed by atoms with Crippen molar-refractivity contribution in [2.24, 2.45) is 28.6 Å². The molecule has 3 unspecified atom stereocenters. The minimum absolute atomic E-state index is 0.0453. The molecule has 4 aliphatic carbocycles. The van der Waals surface area contributed by atoms with Gasteiger partial charge in [0.15, 0.2) is 0 Å². The van der Waals surface area contributed by atoms with Gasteiger partial charge in [-0.25, -0.2) is 0 Å². The Kier molecular flexibility index (Phi) is 4.34. The second-order valence-corrected chi connectivity index (χ2v) is 11.3. The van der Waals surface area contributed by atoms with Gasteiger partial charge in [-0.2, -0.15) is 12.6 Å². The average Bonchev–Trinajstić information content (AvgIpc) is 3.27. The molecular formula is C24H36O2S. The molecule has 0 amide bonds. The van der Waals surface area contributed by atoms with E-state index in [1.54, 1.807) is 0 Å². The van der Waals surface area contributed by atoms with Gasteiger partial charge in [-0.3, -0.25) is 0 Å². The summed E-state index contributed by atoms with van der Waals surface area (Å²) in [6.07, 6.45) is 15.7. The van der Waals surface area contributed by atoms with Crippen molar-refractivity contribution in [3.05, 3.63) is 24.2 Å². The topological polar surface area (TPSA) is 22.4 Å². The molecule has 4 aliphatic rings. The maximum Gasteiger partial charge on any atom is 0.0937 e. The van der Waals surface area contributed by atoms with Crippen LogP contribution in [0.2, 0.25) is 0 Å². The summed E-state index contributed by atoms with van der Waals surface area (Å²) in [6, 6.07) is 2.19. The molecule has 8 atom stereocenters. The third kappa shape index (κ3) is 2.37. The van der Waals surface area contributed by atoms with Gasteiger partial charge in [0.25, 0.3) is 0 Å². The lowest BCUT2D eigenvalue weighted by Gasteiger charge is -2.64. The Morgan fingerprint density at radius 2 is 1.89 bits per heavy atom. The van der Waals surface area contributed by atoms with E-state index in [-0.39, 0.29) is 11.0 Å². The Bertz CT molecular complexity index is 687. The molecule has 0 saturated heterocycles. The van der Waals surface area contributed by atoms with Gasteiger partial charge in [-0.1, -0.05) is 13.8 Å². The van der Waals surface area contributed by atoms with Crippen LogP contribution in [0.3, 0.4) is 0 Å². The summed E-state index contributed by atoms with van der Waals surface area (Å²) in [6.45, 7) is 5.17. The van der Waals surface area contributed by atoms with Crippen LogP contribution in [0.15, 0.2) is 23.0 Å². The fourth-order valence-electron chi connectivity index (χ4n) is 8.67. The lowest BCUT2D eigenvalue weighted by atomic mass is 9.43. The fourth-order valence-corrected chi connectivity index (χ4v) is 9.05. The highest BCUT2D eigenvalue weighted by Crippen LogP contribution is 2.71. The molecule has 27 heavy (non-hydrogen) atoms. The predicted molar refractivity (Wildman–Crippen MR) is 112 cm³/mol. The van der Waals surface area contributed by atoms with Gasteiger partial charge in [0, 0.05) is 17.8 Å². The molecule has 0 aliphatic heterocycles. The van der Waals surface area contributed by atoms with Crippen LogP contribution in [-0.4, -0.2) is 18.0 Å². The molecule has 0 spiro atoms. The van der Waals surface area contributed by atoms with E-state index < -0.39 is 0 Å². The maximum atomic E-state index is 6.60. The number of hydrogen-bond donors (Lipinski definition) is 1. The lowest BCUT2D eigenvalue weighted by Crippen LogP contribution is -2.62. The minimum Gasteiger partial charge on any atom is -0.472 e. The summed E-state index contributed by atoms with van der Waals surface area (Å²) in [5, 5.41) is 0.627. The minimum atomic E-state index is 0.0453. The Hall–Kier alpha value is -0.410. The van der Waals surface area contributed by atoms with E-state index in [1.807, 2.05) is 19.6 Å². The highest BCUT2D eigenvalue weighted by molar-refractivity contribution is 7.80. The summed E-state index contributed by atoms with van der Waals surface area (Å²) < 4.78 is 12.1. The summed E-state index contributed by atoms with van der Waals surface area (Å²) in [4.78, 5) is 0. The second-order valence-electron chi connectivity index (χ2n) is 10.6. The molecule has 150 valence electrons. The predicted octanol–water partition coefficient (Wildman–Crippen LogP) is 6.47. The first-order chi connectivity index (χ1) is 12.9. The summed E-state index contributed by atoms with van der Waals surface area (Å²) in [5.74, 6) is 3.00. The number of furan rings is 1. The van der Waals surface area contributed by atoms with E-state index in [2.05, 4.69) is 19.9 Å². The monoisotopic (exact) mass is 388 g/mol. The maximum absolute atomic E-state index is 6.60. The van der Waals surface area contributed by atoms with Crippen LogP contribution >= 0.6 is 12.6 Å². The van der Waals surface area contributed by atoms with Crippen LogP contribution in [-0.2, 0) is 4.74 Å². The standard InChI is InChI=1S/C24H36O2S/c1-22-10-6-18(27)14-17(22)4-5-21-20(22)7-11-23(2)19(16-9-13-26-15-16)8-12-24(21,23)25-3/h9,13,15,17-21,27H,4-8,10-12,14H2,1-3H3/t17?,18?,19?,20-,21-,22+,23-,24-/m1/s1. The summed E-state index contributed by atoms with van der Waals surface area (Å²) >= 11 is 4.85. The van der Waals surface area contributed by atoms with E-state index in [9.17, 15) is 0 Å². The zero-order chi connectivity index (χ0) is 18.9. The molecule has 0 radical (unpaired) electrons. The van der Waals surface area contributed by atoms with Crippen LogP contribution in [0.5, 0.6) is 0 Å². The molecule has 5 rings (SSSR count). The zero-order valence-electron chi connectivity index (χ0n) is 17.2. The Morgan fingerprint density at radius 1 is 1.04 bits per heavy atom. The normalized spacial score (nSPS) is 52.1. The van der Waals surface area contributed by atoms with Gasteiger partial charge in [-0.05, 0) is 98.5 Å². The zero-order valence-corrected chi connectivity index (χ0v) is 18.1. The average molecular weight is 389 g/mol. The van der Waals surface area contributed by atoms with Crippen LogP contribution in [0.4, 0.5) is 0 Å². The van der Waals surface area contributed by atoms with Crippen molar-refractivity contribution in [3.63, 3.8) is 0 Å². The van der Waals surface area contributed by atoms with Crippen molar-refractivity contribution in [2.75, 3.05) is 7.11 Å². The van der Waals surface area contributed by atoms with E-state index in [0.717, 1.165) is 17.8 Å². The van der Waals surface area contributed by atoms with Crippen LogP contribution in [0.25, 0.3) is 0 Å². The second kappa shape index (κ2) is 6.29. The van der Waals surface area contributed by atoms with Crippen LogP contribution in [0, 0.1) is 28.6 Å². The van der Waals surface area contributed by atoms with Crippen molar-refractivity contribution in [1.82, 2.24) is 0 Å². The van der Waals surface area contributed by atoms with Crippen molar-refractivity contribution >= 4 is 12.6 Å². The van der Waals surface area contributed by atoms with E-state index in [0.29, 0.717) is 16.6 Å². The van der Waals surface area contributed by atoms with E-state index in [1.165, 1.54) is 63.4 Å². The number of fused-ring (bicyclic) bond motifs is 5. The van der Waals surface area contributed by atoms with Crippen molar-refractivity contribution in [1.29, 1.82) is 0 Å². The molecule has 0 bridgehead atoms. The van der Waals surface area contributed by atoms with Crippen LogP contribution in [0.1, 0.15) is 83.1 Å². The van der Waals surface area contributed by atoms with Crippen molar-refractivity contribution < 1.29 is 9.15 Å². The van der Waals surface area contributed by atoms with Gasteiger partial charge in [0.05, 0.1) is 18.1 Å². The number of methoxy groups -OCH3 is 1. The van der Waals surface area contributed by atoms with Crippen molar-refractivity contribution in [2.45, 2.75) is 88.4 Å².